The third kappa shape index (κ3) is 4.63. The molecule has 8 nitrogen and oxygen atoms in total. The van der Waals surface area contributed by atoms with Crippen LogP contribution in [0.3, 0.4) is 0 Å². The van der Waals surface area contributed by atoms with Gasteiger partial charge in [-0.15, -0.1) is 0 Å². The monoisotopic (exact) mass is 419 g/mol. The van der Waals surface area contributed by atoms with E-state index in [2.05, 4.69) is 4.98 Å². The summed E-state index contributed by atoms with van der Waals surface area (Å²) in [5.74, 6) is 1.03. The summed E-state index contributed by atoms with van der Waals surface area (Å²) in [6.45, 7) is 2.56. The van der Waals surface area contributed by atoms with Crippen LogP contribution in [0.4, 0.5) is 5.69 Å². The van der Waals surface area contributed by atoms with Gasteiger partial charge in [0.05, 0.1) is 4.92 Å². The van der Waals surface area contributed by atoms with E-state index in [4.69, 9.17) is 9.47 Å². The predicted octanol–water partition coefficient (Wildman–Crippen LogP) is 3.91. The standard InChI is InChI=1S/C23H21N3O5/c1-16-5-7-18(13-20(16)26(28)29)23(27)25(11-9-19-4-2-3-10-24-19)14-17-6-8-21-22(12-17)31-15-30-21/h2-8,10,12-13H,9,11,14-15H2,1H3. The van der Waals surface area contributed by atoms with E-state index in [0.29, 0.717) is 36.6 Å². The largest absolute Gasteiger partial charge is 0.454 e. The Labute approximate surface area is 179 Å². The first-order chi connectivity index (χ1) is 15.0. The molecule has 3 aromatic rings. The molecule has 31 heavy (non-hydrogen) atoms. The first-order valence-corrected chi connectivity index (χ1v) is 9.84. The fraction of sp³-hybridized carbons (Fsp3) is 0.217. The number of aryl methyl sites for hydroxylation is 1. The van der Waals surface area contributed by atoms with Crippen molar-refractivity contribution in [3.05, 3.63) is 93.3 Å². The number of amides is 1. The van der Waals surface area contributed by atoms with E-state index in [9.17, 15) is 14.9 Å². The Morgan fingerprint density at radius 3 is 2.74 bits per heavy atom. The van der Waals surface area contributed by atoms with Gasteiger partial charge in [0.15, 0.2) is 11.5 Å². The first-order valence-electron chi connectivity index (χ1n) is 9.84. The van der Waals surface area contributed by atoms with E-state index in [1.54, 1.807) is 30.2 Å². The number of carbonyl (C=O) groups is 1. The van der Waals surface area contributed by atoms with E-state index in [1.807, 2.05) is 36.4 Å². The molecule has 1 aromatic heterocycles. The smallest absolute Gasteiger partial charge is 0.273 e. The molecule has 0 saturated carbocycles. The van der Waals surface area contributed by atoms with Crippen molar-refractivity contribution in [2.24, 2.45) is 0 Å². The number of nitro benzene ring substituents is 1. The molecule has 1 aliphatic rings. The van der Waals surface area contributed by atoms with Gasteiger partial charge in [0.25, 0.3) is 11.6 Å². The van der Waals surface area contributed by atoms with Crippen LogP contribution in [0.1, 0.15) is 27.2 Å². The SMILES string of the molecule is Cc1ccc(C(=O)N(CCc2ccccn2)Cc2ccc3c(c2)OCO3)cc1[N+](=O)[O-]. The molecule has 0 bridgehead atoms. The maximum absolute atomic E-state index is 13.3. The van der Waals surface area contributed by atoms with Gasteiger partial charge in [-0.05, 0) is 42.8 Å². The van der Waals surface area contributed by atoms with Gasteiger partial charge in [0, 0.05) is 48.6 Å². The molecule has 158 valence electrons. The summed E-state index contributed by atoms with van der Waals surface area (Å²) in [7, 11) is 0. The van der Waals surface area contributed by atoms with E-state index in [-0.39, 0.29) is 24.0 Å². The van der Waals surface area contributed by atoms with Crippen molar-refractivity contribution in [2.45, 2.75) is 19.9 Å². The summed E-state index contributed by atoms with van der Waals surface area (Å²) in [6, 6.07) is 15.7. The molecule has 4 rings (SSSR count). The number of pyridine rings is 1. The minimum atomic E-state index is -0.470. The number of nitro groups is 1. The lowest BCUT2D eigenvalue weighted by Gasteiger charge is -2.23. The highest BCUT2D eigenvalue weighted by molar-refractivity contribution is 5.95. The van der Waals surface area contributed by atoms with Crippen LogP contribution >= 0.6 is 0 Å². The van der Waals surface area contributed by atoms with Gasteiger partial charge >= 0.3 is 0 Å². The highest BCUT2D eigenvalue weighted by Gasteiger charge is 2.21. The van der Waals surface area contributed by atoms with Gasteiger partial charge in [0.1, 0.15) is 0 Å². The van der Waals surface area contributed by atoms with Crippen LogP contribution in [0.25, 0.3) is 0 Å². The van der Waals surface area contributed by atoms with Gasteiger partial charge in [-0.25, -0.2) is 0 Å². The van der Waals surface area contributed by atoms with Crippen LogP contribution in [-0.2, 0) is 13.0 Å². The summed E-state index contributed by atoms with van der Waals surface area (Å²) >= 11 is 0. The number of benzene rings is 2. The fourth-order valence-corrected chi connectivity index (χ4v) is 3.43. The minimum absolute atomic E-state index is 0.0707. The normalized spacial score (nSPS) is 11.9. The second-order valence-electron chi connectivity index (χ2n) is 7.24. The van der Waals surface area contributed by atoms with Crippen LogP contribution in [0.2, 0.25) is 0 Å². The zero-order valence-corrected chi connectivity index (χ0v) is 17.0. The van der Waals surface area contributed by atoms with Crippen LogP contribution in [0, 0.1) is 17.0 Å². The van der Waals surface area contributed by atoms with Crippen molar-refractivity contribution < 1.29 is 19.2 Å². The van der Waals surface area contributed by atoms with Crippen molar-refractivity contribution >= 4 is 11.6 Å². The Hall–Kier alpha value is -3.94. The number of hydrogen-bond acceptors (Lipinski definition) is 6. The molecular weight excluding hydrogens is 398 g/mol. The molecule has 0 radical (unpaired) electrons. The predicted molar refractivity (Wildman–Crippen MR) is 113 cm³/mol. The molecule has 0 aliphatic carbocycles. The van der Waals surface area contributed by atoms with Crippen LogP contribution in [0.15, 0.2) is 60.8 Å². The minimum Gasteiger partial charge on any atom is -0.454 e. The van der Waals surface area contributed by atoms with Gasteiger partial charge < -0.3 is 14.4 Å². The zero-order chi connectivity index (χ0) is 21.8. The quantitative estimate of drug-likeness (QED) is 0.426. The highest BCUT2D eigenvalue weighted by Crippen LogP contribution is 2.33. The maximum Gasteiger partial charge on any atom is 0.273 e. The molecule has 2 aromatic carbocycles. The number of rotatable bonds is 7. The Morgan fingerprint density at radius 1 is 1.13 bits per heavy atom. The molecular formula is C23H21N3O5. The van der Waals surface area contributed by atoms with Crippen LogP contribution in [0.5, 0.6) is 11.5 Å². The highest BCUT2D eigenvalue weighted by atomic mass is 16.7. The molecule has 1 aliphatic heterocycles. The van der Waals surface area contributed by atoms with Crippen molar-refractivity contribution in [3.63, 3.8) is 0 Å². The number of aromatic nitrogens is 1. The zero-order valence-electron chi connectivity index (χ0n) is 17.0. The molecule has 0 spiro atoms. The van der Waals surface area contributed by atoms with Crippen LogP contribution in [-0.4, -0.2) is 34.1 Å². The summed E-state index contributed by atoms with van der Waals surface area (Å²) in [5.41, 5.74) is 2.45. The van der Waals surface area contributed by atoms with Gasteiger partial charge in [-0.1, -0.05) is 18.2 Å². The second-order valence-corrected chi connectivity index (χ2v) is 7.24. The number of fused-ring (bicyclic) bond motifs is 1. The molecule has 2 heterocycles. The Morgan fingerprint density at radius 2 is 1.97 bits per heavy atom. The van der Waals surface area contributed by atoms with Crippen molar-refractivity contribution in [2.75, 3.05) is 13.3 Å². The number of carbonyl (C=O) groups excluding carboxylic acids is 1. The number of nitrogens with zero attached hydrogens (tertiary/aromatic N) is 3. The molecule has 0 atom stereocenters. The van der Waals surface area contributed by atoms with Crippen LogP contribution < -0.4 is 9.47 Å². The summed E-state index contributed by atoms with van der Waals surface area (Å²) in [6.07, 6.45) is 2.27. The fourth-order valence-electron chi connectivity index (χ4n) is 3.43. The maximum atomic E-state index is 13.3. The lowest BCUT2D eigenvalue weighted by Crippen LogP contribution is -2.32. The number of ether oxygens (including phenoxy) is 2. The van der Waals surface area contributed by atoms with Crippen molar-refractivity contribution in [1.29, 1.82) is 0 Å². The lowest BCUT2D eigenvalue weighted by atomic mass is 10.1. The molecule has 0 fully saturated rings. The lowest BCUT2D eigenvalue weighted by molar-refractivity contribution is -0.385. The summed E-state index contributed by atoms with van der Waals surface area (Å²) in [4.78, 5) is 30.2. The van der Waals surface area contributed by atoms with Crippen molar-refractivity contribution in [3.8, 4) is 11.5 Å². The van der Waals surface area contributed by atoms with E-state index in [0.717, 1.165) is 11.3 Å². The van der Waals surface area contributed by atoms with E-state index < -0.39 is 4.92 Å². The third-order valence-electron chi connectivity index (χ3n) is 5.11. The molecule has 1 amide bonds. The average Bonchev–Trinajstić information content (AvgIpc) is 3.25. The molecule has 8 heteroatoms. The van der Waals surface area contributed by atoms with Crippen molar-refractivity contribution in [1.82, 2.24) is 9.88 Å². The topological polar surface area (TPSA) is 94.8 Å². The first kappa shape index (κ1) is 20.3. The summed E-state index contributed by atoms with van der Waals surface area (Å²) in [5, 5.41) is 11.3. The Balaban J connectivity index is 1.60. The van der Waals surface area contributed by atoms with E-state index >= 15 is 0 Å². The van der Waals surface area contributed by atoms with E-state index in [1.165, 1.54) is 6.07 Å². The third-order valence-corrected chi connectivity index (χ3v) is 5.11. The van der Waals surface area contributed by atoms with Gasteiger partial charge in [-0.2, -0.15) is 0 Å². The molecule has 0 unspecified atom stereocenters. The molecule has 0 saturated heterocycles. The van der Waals surface area contributed by atoms with Gasteiger partial charge in [-0.3, -0.25) is 19.9 Å². The number of hydrogen-bond donors (Lipinski definition) is 0. The van der Waals surface area contributed by atoms with Gasteiger partial charge in [0.2, 0.25) is 6.79 Å². The Bertz CT molecular complexity index is 1120. The Kier molecular flexibility index (Phi) is 5.79. The molecule has 0 N–H and O–H groups in total. The summed E-state index contributed by atoms with van der Waals surface area (Å²) < 4.78 is 10.8. The second kappa shape index (κ2) is 8.83. The average molecular weight is 419 g/mol.